The zero-order valence-electron chi connectivity index (χ0n) is 26.1. The van der Waals surface area contributed by atoms with Crippen LogP contribution in [0.15, 0.2) is 170 Å². The van der Waals surface area contributed by atoms with Crippen LogP contribution in [0.3, 0.4) is 0 Å². The predicted octanol–water partition coefficient (Wildman–Crippen LogP) is 12.7. The van der Waals surface area contributed by atoms with Crippen LogP contribution in [0.25, 0.3) is 32.3 Å². The van der Waals surface area contributed by atoms with Gasteiger partial charge in [0.25, 0.3) is 0 Å². The normalized spacial score (nSPS) is 11.3. The van der Waals surface area contributed by atoms with Gasteiger partial charge in [-0.05, 0) is 130 Å². The van der Waals surface area contributed by atoms with Gasteiger partial charge in [0.15, 0.2) is 0 Å². The average molecular weight is 591 g/mol. The number of anilines is 6. The molecular weight excluding hydrogens is 556 g/mol. The molecule has 46 heavy (non-hydrogen) atoms. The summed E-state index contributed by atoms with van der Waals surface area (Å²) in [6.45, 7) is 4.30. The topological polar surface area (TPSA) is 6.48 Å². The second kappa shape index (κ2) is 11.6. The van der Waals surface area contributed by atoms with E-state index in [-0.39, 0.29) is 0 Å². The lowest BCUT2D eigenvalue weighted by molar-refractivity contribution is 1.27. The number of benzene rings is 8. The molecule has 0 spiro atoms. The Kier molecular flexibility index (Phi) is 6.96. The number of rotatable bonds is 6. The molecule has 0 N–H and O–H groups in total. The highest BCUT2D eigenvalue weighted by molar-refractivity contribution is 6.26. The van der Waals surface area contributed by atoms with Crippen LogP contribution in [0.1, 0.15) is 11.1 Å². The maximum Gasteiger partial charge on any atom is 0.0468 e. The number of hydrogen-bond donors (Lipinski definition) is 0. The van der Waals surface area contributed by atoms with Gasteiger partial charge in [-0.15, -0.1) is 0 Å². The van der Waals surface area contributed by atoms with Crippen LogP contribution >= 0.6 is 0 Å². The number of fused-ring (bicyclic) bond motifs is 6. The third-order valence-electron chi connectivity index (χ3n) is 8.87. The van der Waals surface area contributed by atoms with Crippen molar-refractivity contribution in [1.82, 2.24) is 0 Å². The van der Waals surface area contributed by atoms with Gasteiger partial charge in [0.1, 0.15) is 0 Å². The number of nitrogens with zero attached hydrogens (tertiary/aromatic N) is 2. The number of aryl methyl sites for hydroxylation is 2. The van der Waals surface area contributed by atoms with Gasteiger partial charge in [0, 0.05) is 34.1 Å². The molecule has 0 saturated heterocycles. The molecule has 0 saturated carbocycles. The highest BCUT2D eigenvalue weighted by Gasteiger charge is 2.18. The second-order valence-electron chi connectivity index (χ2n) is 12.0. The summed E-state index contributed by atoms with van der Waals surface area (Å²) in [6, 6.07) is 61.5. The highest BCUT2D eigenvalue weighted by atomic mass is 15.1. The van der Waals surface area contributed by atoms with E-state index in [0.717, 1.165) is 34.1 Å². The summed E-state index contributed by atoms with van der Waals surface area (Å²) in [5, 5.41) is 7.51. The Morgan fingerprint density at radius 3 is 1.02 bits per heavy atom. The van der Waals surface area contributed by atoms with Crippen LogP contribution in [0.4, 0.5) is 34.1 Å². The summed E-state index contributed by atoms with van der Waals surface area (Å²) in [5.74, 6) is 0. The van der Waals surface area contributed by atoms with Crippen molar-refractivity contribution >= 4 is 66.4 Å². The van der Waals surface area contributed by atoms with Crippen molar-refractivity contribution in [2.45, 2.75) is 13.8 Å². The minimum absolute atomic E-state index is 1.14. The van der Waals surface area contributed by atoms with E-state index in [1.165, 1.54) is 43.4 Å². The van der Waals surface area contributed by atoms with E-state index in [0.29, 0.717) is 0 Å². The first-order valence-corrected chi connectivity index (χ1v) is 15.9. The molecule has 8 aromatic carbocycles. The van der Waals surface area contributed by atoms with E-state index in [4.69, 9.17) is 0 Å². The van der Waals surface area contributed by atoms with E-state index in [2.05, 4.69) is 194 Å². The molecule has 8 rings (SSSR count). The lowest BCUT2D eigenvalue weighted by Crippen LogP contribution is -2.10. The van der Waals surface area contributed by atoms with Gasteiger partial charge in [-0.3, -0.25) is 0 Å². The van der Waals surface area contributed by atoms with Crippen LogP contribution in [0, 0.1) is 13.8 Å². The van der Waals surface area contributed by atoms with Gasteiger partial charge in [0.05, 0.1) is 0 Å². The van der Waals surface area contributed by atoms with Crippen molar-refractivity contribution in [2.75, 3.05) is 9.80 Å². The number of hydrogen-bond acceptors (Lipinski definition) is 2. The molecule has 0 fully saturated rings. The first-order valence-electron chi connectivity index (χ1n) is 15.9. The molecular formula is C44H34N2. The Hall–Kier alpha value is -5.86. The van der Waals surface area contributed by atoms with Crippen molar-refractivity contribution in [3.8, 4) is 0 Å². The summed E-state index contributed by atoms with van der Waals surface area (Å²) in [6.07, 6.45) is 0. The first kappa shape index (κ1) is 27.7. The molecule has 0 unspecified atom stereocenters. The molecule has 0 aliphatic carbocycles. The standard InChI is InChI=1S/C44H34N2/c1-31-13-11-19-35(27-31)45(33-15-5-3-6-16-33)37-23-25-41-42-26-24-38(30-44(42)40-22-10-9-21-39(40)43(41)29-37)46(34-17-7-4-8-18-34)36-20-12-14-32(2)28-36/h3-30H,1-2H3. The van der Waals surface area contributed by atoms with Gasteiger partial charge < -0.3 is 9.80 Å². The minimum atomic E-state index is 1.14. The fraction of sp³-hybridized carbons (Fsp3) is 0.0455. The Balaban J connectivity index is 1.35. The molecule has 0 heterocycles. The summed E-state index contributed by atoms with van der Waals surface area (Å²) in [5.41, 5.74) is 9.33. The van der Waals surface area contributed by atoms with E-state index in [1.54, 1.807) is 0 Å². The Morgan fingerprint density at radius 2 is 0.609 bits per heavy atom. The molecule has 2 heteroatoms. The van der Waals surface area contributed by atoms with Gasteiger partial charge in [0.2, 0.25) is 0 Å². The Morgan fingerprint density at radius 1 is 0.261 bits per heavy atom. The quantitative estimate of drug-likeness (QED) is 0.178. The van der Waals surface area contributed by atoms with Crippen molar-refractivity contribution in [3.63, 3.8) is 0 Å². The summed E-state index contributed by atoms with van der Waals surface area (Å²) >= 11 is 0. The molecule has 0 aromatic heterocycles. The fourth-order valence-corrected chi connectivity index (χ4v) is 6.79. The Labute approximate surface area is 270 Å². The summed E-state index contributed by atoms with van der Waals surface area (Å²) in [4.78, 5) is 4.71. The zero-order chi connectivity index (χ0) is 31.0. The lowest BCUT2D eigenvalue weighted by Gasteiger charge is -2.27. The lowest BCUT2D eigenvalue weighted by atomic mass is 9.93. The van der Waals surface area contributed by atoms with Crippen LogP contribution in [0.5, 0.6) is 0 Å². The summed E-state index contributed by atoms with van der Waals surface area (Å²) < 4.78 is 0. The predicted molar refractivity (Wildman–Crippen MR) is 198 cm³/mol. The largest absolute Gasteiger partial charge is 0.310 e. The second-order valence-corrected chi connectivity index (χ2v) is 12.0. The van der Waals surface area contributed by atoms with Crippen LogP contribution in [0.2, 0.25) is 0 Å². The van der Waals surface area contributed by atoms with Gasteiger partial charge in [-0.2, -0.15) is 0 Å². The maximum atomic E-state index is 2.36. The molecule has 0 aliphatic heterocycles. The molecule has 0 bridgehead atoms. The molecule has 0 atom stereocenters. The van der Waals surface area contributed by atoms with Gasteiger partial charge in [-0.1, -0.05) is 97.1 Å². The fourth-order valence-electron chi connectivity index (χ4n) is 6.79. The highest BCUT2D eigenvalue weighted by Crippen LogP contribution is 2.43. The average Bonchev–Trinajstić information content (AvgIpc) is 3.10. The summed E-state index contributed by atoms with van der Waals surface area (Å²) in [7, 11) is 0. The van der Waals surface area contributed by atoms with Crippen molar-refractivity contribution in [3.05, 3.63) is 181 Å². The maximum absolute atomic E-state index is 2.36. The van der Waals surface area contributed by atoms with Crippen LogP contribution in [-0.2, 0) is 0 Å². The minimum Gasteiger partial charge on any atom is -0.310 e. The van der Waals surface area contributed by atoms with Gasteiger partial charge in [-0.25, -0.2) is 0 Å². The third-order valence-corrected chi connectivity index (χ3v) is 8.87. The van der Waals surface area contributed by atoms with Crippen molar-refractivity contribution in [1.29, 1.82) is 0 Å². The molecule has 2 nitrogen and oxygen atoms in total. The molecule has 0 aliphatic rings. The third kappa shape index (κ3) is 4.95. The van der Waals surface area contributed by atoms with E-state index < -0.39 is 0 Å². The van der Waals surface area contributed by atoms with Crippen LogP contribution in [-0.4, -0.2) is 0 Å². The van der Waals surface area contributed by atoms with Crippen molar-refractivity contribution in [2.24, 2.45) is 0 Å². The smallest absolute Gasteiger partial charge is 0.0468 e. The van der Waals surface area contributed by atoms with Gasteiger partial charge >= 0.3 is 0 Å². The molecule has 8 aromatic rings. The number of para-hydroxylation sites is 2. The molecule has 0 radical (unpaired) electrons. The Bertz CT molecular complexity index is 2150. The van der Waals surface area contributed by atoms with E-state index >= 15 is 0 Å². The first-order chi connectivity index (χ1) is 22.6. The van der Waals surface area contributed by atoms with Crippen LogP contribution < -0.4 is 9.80 Å². The van der Waals surface area contributed by atoms with Crippen molar-refractivity contribution < 1.29 is 0 Å². The molecule has 220 valence electrons. The zero-order valence-corrected chi connectivity index (χ0v) is 26.1. The SMILES string of the molecule is Cc1cccc(N(c2ccccc2)c2ccc3c4ccc(N(c5ccccc5)c5cccc(C)c5)cc4c4ccccc4c3c2)c1. The van der Waals surface area contributed by atoms with E-state index in [9.17, 15) is 0 Å². The monoisotopic (exact) mass is 590 g/mol. The van der Waals surface area contributed by atoms with E-state index in [1.807, 2.05) is 0 Å². The molecule has 0 amide bonds.